The molecule has 104 valence electrons. The third-order valence-electron chi connectivity index (χ3n) is 3.89. The molecule has 1 fully saturated rings. The molecule has 4 heteroatoms. The summed E-state index contributed by atoms with van der Waals surface area (Å²) in [5.74, 6) is 0.416. The number of hydrogen-bond acceptors (Lipinski definition) is 2. The summed E-state index contributed by atoms with van der Waals surface area (Å²) in [7, 11) is 1.79. The number of aromatic amines is 1. The lowest BCUT2D eigenvalue weighted by atomic mass is 9.89. The Labute approximate surface area is 113 Å². The number of rotatable bonds is 3. The molecule has 0 radical (unpaired) electrons. The van der Waals surface area contributed by atoms with Crippen molar-refractivity contribution in [1.82, 2.24) is 9.88 Å². The van der Waals surface area contributed by atoms with Gasteiger partial charge in [0.05, 0.1) is 0 Å². The molecule has 1 aliphatic rings. The van der Waals surface area contributed by atoms with Crippen molar-refractivity contribution in [3.8, 4) is 0 Å². The van der Waals surface area contributed by atoms with E-state index in [1.807, 2.05) is 0 Å². The van der Waals surface area contributed by atoms with Crippen LogP contribution < -0.4 is 5.43 Å². The minimum absolute atomic E-state index is 0.174. The van der Waals surface area contributed by atoms with E-state index < -0.39 is 0 Å². The van der Waals surface area contributed by atoms with Crippen molar-refractivity contribution in [3.63, 3.8) is 0 Å². The summed E-state index contributed by atoms with van der Waals surface area (Å²) in [6.07, 6.45) is 7.75. The van der Waals surface area contributed by atoms with Gasteiger partial charge in [0.15, 0.2) is 5.43 Å². The maximum absolute atomic E-state index is 12.3. The van der Waals surface area contributed by atoms with Crippen LogP contribution in [0.3, 0.4) is 0 Å². The Hall–Kier alpha value is -1.58. The Morgan fingerprint density at radius 3 is 2.68 bits per heavy atom. The van der Waals surface area contributed by atoms with E-state index in [4.69, 9.17) is 0 Å². The van der Waals surface area contributed by atoms with Crippen LogP contribution in [0.15, 0.2) is 17.1 Å². The quantitative estimate of drug-likeness (QED) is 0.909. The van der Waals surface area contributed by atoms with E-state index >= 15 is 0 Å². The Morgan fingerprint density at radius 1 is 1.37 bits per heavy atom. The first-order chi connectivity index (χ1) is 9.08. The average Bonchev–Trinajstić information content (AvgIpc) is 2.39. The van der Waals surface area contributed by atoms with E-state index in [2.05, 4.69) is 4.98 Å². The predicted octanol–water partition coefficient (Wildman–Crippen LogP) is 2.34. The van der Waals surface area contributed by atoms with Crippen molar-refractivity contribution in [1.29, 1.82) is 0 Å². The second-order valence-corrected chi connectivity index (χ2v) is 5.58. The van der Waals surface area contributed by atoms with Crippen LogP contribution in [0.4, 0.5) is 0 Å². The number of hydrogen-bond donors (Lipinski definition) is 1. The highest BCUT2D eigenvalue weighted by molar-refractivity contribution is 5.93. The fourth-order valence-electron chi connectivity index (χ4n) is 2.79. The number of aryl methyl sites for hydroxylation is 1. The van der Waals surface area contributed by atoms with E-state index in [-0.39, 0.29) is 16.9 Å². The molecular weight excluding hydrogens is 240 g/mol. The summed E-state index contributed by atoms with van der Waals surface area (Å²) in [5.41, 5.74) is 0.817. The molecule has 0 spiro atoms. The van der Waals surface area contributed by atoms with Gasteiger partial charge in [-0.05, 0) is 25.7 Å². The zero-order valence-corrected chi connectivity index (χ0v) is 11.7. The van der Waals surface area contributed by atoms with Crippen molar-refractivity contribution in [2.45, 2.75) is 39.0 Å². The fourth-order valence-corrected chi connectivity index (χ4v) is 2.79. The Balaban J connectivity index is 2.03. The molecule has 1 saturated carbocycles. The lowest BCUT2D eigenvalue weighted by molar-refractivity contribution is 0.0759. The first kappa shape index (κ1) is 13.8. The number of aromatic nitrogens is 1. The summed E-state index contributed by atoms with van der Waals surface area (Å²) in [6, 6.07) is 1.47. The van der Waals surface area contributed by atoms with Gasteiger partial charge in [-0.2, -0.15) is 0 Å². The molecule has 0 unspecified atom stereocenters. The standard InChI is InChI=1S/C15H22N2O2/c1-11-8-14(18)13(9-16-11)15(19)17(2)10-12-6-4-3-5-7-12/h8-9,12H,3-7,10H2,1-2H3,(H,16,18). The summed E-state index contributed by atoms with van der Waals surface area (Å²) in [6.45, 7) is 2.56. The van der Waals surface area contributed by atoms with E-state index in [9.17, 15) is 9.59 Å². The van der Waals surface area contributed by atoms with Gasteiger partial charge in [0.2, 0.25) is 0 Å². The summed E-state index contributed by atoms with van der Waals surface area (Å²) >= 11 is 0. The van der Waals surface area contributed by atoms with Crippen LogP contribution in [0.2, 0.25) is 0 Å². The van der Waals surface area contributed by atoms with Gasteiger partial charge >= 0.3 is 0 Å². The van der Waals surface area contributed by atoms with E-state index in [1.54, 1.807) is 18.9 Å². The van der Waals surface area contributed by atoms with Gasteiger partial charge in [0, 0.05) is 31.5 Å². The molecule has 0 atom stereocenters. The first-order valence-corrected chi connectivity index (χ1v) is 7.02. The number of H-pyrrole nitrogens is 1. The zero-order chi connectivity index (χ0) is 13.8. The second-order valence-electron chi connectivity index (χ2n) is 5.58. The maximum Gasteiger partial charge on any atom is 0.259 e. The van der Waals surface area contributed by atoms with Gasteiger partial charge in [0.1, 0.15) is 5.56 Å². The van der Waals surface area contributed by atoms with Gasteiger partial charge in [0.25, 0.3) is 5.91 Å². The SMILES string of the molecule is Cc1cc(=O)c(C(=O)N(C)CC2CCCCC2)c[nH]1. The fraction of sp³-hybridized carbons (Fsp3) is 0.600. The van der Waals surface area contributed by atoms with Crippen LogP contribution in [0.5, 0.6) is 0 Å². The molecule has 1 aromatic heterocycles. The molecule has 0 bridgehead atoms. The predicted molar refractivity (Wildman–Crippen MR) is 75.3 cm³/mol. The first-order valence-electron chi connectivity index (χ1n) is 7.02. The van der Waals surface area contributed by atoms with Crippen molar-refractivity contribution in [3.05, 3.63) is 33.7 Å². The Kier molecular flexibility index (Phi) is 4.40. The average molecular weight is 262 g/mol. The summed E-state index contributed by atoms with van der Waals surface area (Å²) in [5, 5.41) is 0. The van der Waals surface area contributed by atoms with Crippen molar-refractivity contribution in [2.24, 2.45) is 5.92 Å². The highest BCUT2D eigenvalue weighted by Crippen LogP contribution is 2.24. The van der Waals surface area contributed by atoms with Crippen LogP contribution >= 0.6 is 0 Å². The normalized spacial score (nSPS) is 16.3. The topological polar surface area (TPSA) is 53.2 Å². The lowest BCUT2D eigenvalue weighted by Crippen LogP contribution is -2.35. The molecule has 1 aliphatic carbocycles. The summed E-state index contributed by atoms with van der Waals surface area (Å²) < 4.78 is 0. The molecule has 0 aromatic carbocycles. The molecule has 0 aliphatic heterocycles. The van der Waals surface area contributed by atoms with Crippen molar-refractivity contribution in [2.75, 3.05) is 13.6 Å². The highest BCUT2D eigenvalue weighted by atomic mass is 16.2. The molecule has 1 aromatic rings. The molecule has 1 N–H and O–H groups in total. The van der Waals surface area contributed by atoms with Crippen LogP contribution in [0, 0.1) is 12.8 Å². The van der Waals surface area contributed by atoms with Crippen LogP contribution in [0.1, 0.15) is 48.2 Å². The third-order valence-corrected chi connectivity index (χ3v) is 3.89. The maximum atomic E-state index is 12.3. The molecule has 0 saturated heterocycles. The molecule has 4 nitrogen and oxygen atoms in total. The lowest BCUT2D eigenvalue weighted by Gasteiger charge is -2.26. The summed E-state index contributed by atoms with van der Waals surface area (Å²) in [4.78, 5) is 28.7. The number of carbonyl (C=O) groups is 1. The van der Waals surface area contributed by atoms with E-state index in [0.717, 1.165) is 12.2 Å². The van der Waals surface area contributed by atoms with Crippen LogP contribution in [0.25, 0.3) is 0 Å². The molecule has 2 rings (SSSR count). The van der Waals surface area contributed by atoms with E-state index in [0.29, 0.717) is 5.92 Å². The van der Waals surface area contributed by atoms with Gasteiger partial charge in [-0.25, -0.2) is 0 Å². The van der Waals surface area contributed by atoms with Gasteiger partial charge in [-0.3, -0.25) is 9.59 Å². The minimum Gasteiger partial charge on any atom is -0.364 e. The van der Waals surface area contributed by atoms with Crippen LogP contribution in [-0.4, -0.2) is 29.4 Å². The van der Waals surface area contributed by atoms with Crippen molar-refractivity contribution < 1.29 is 4.79 Å². The van der Waals surface area contributed by atoms with Gasteiger partial charge in [-0.15, -0.1) is 0 Å². The largest absolute Gasteiger partial charge is 0.364 e. The number of carbonyl (C=O) groups excluding carboxylic acids is 1. The minimum atomic E-state index is -0.197. The van der Waals surface area contributed by atoms with Crippen LogP contribution in [-0.2, 0) is 0 Å². The second kappa shape index (κ2) is 6.04. The number of nitrogens with one attached hydrogen (secondary N) is 1. The third kappa shape index (κ3) is 3.46. The zero-order valence-electron chi connectivity index (χ0n) is 11.7. The van der Waals surface area contributed by atoms with Gasteiger partial charge in [-0.1, -0.05) is 19.3 Å². The Morgan fingerprint density at radius 2 is 2.05 bits per heavy atom. The molecular formula is C15H22N2O2. The molecule has 1 heterocycles. The number of nitrogens with zero attached hydrogens (tertiary/aromatic N) is 1. The smallest absolute Gasteiger partial charge is 0.259 e. The Bertz CT molecular complexity index is 501. The molecule has 1 amide bonds. The van der Waals surface area contributed by atoms with E-state index in [1.165, 1.54) is 44.4 Å². The van der Waals surface area contributed by atoms with Gasteiger partial charge < -0.3 is 9.88 Å². The monoisotopic (exact) mass is 262 g/mol. The molecule has 19 heavy (non-hydrogen) atoms. The number of pyridine rings is 1. The van der Waals surface area contributed by atoms with Crippen molar-refractivity contribution >= 4 is 5.91 Å². The highest BCUT2D eigenvalue weighted by Gasteiger charge is 2.20. The number of amides is 1.